The smallest absolute Gasteiger partial charge is 0.261 e. The second-order valence-corrected chi connectivity index (χ2v) is 6.95. The van der Waals surface area contributed by atoms with Crippen LogP contribution in [0.1, 0.15) is 18.5 Å². The highest BCUT2D eigenvalue weighted by Crippen LogP contribution is 2.20. The number of likely N-dealkylation sites (N-methyl/N-ethyl adjacent to an activating group) is 1. The summed E-state index contributed by atoms with van der Waals surface area (Å²) in [6, 6.07) is 11.2. The molecule has 152 valence electrons. The van der Waals surface area contributed by atoms with Gasteiger partial charge in [-0.05, 0) is 42.8 Å². The van der Waals surface area contributed by atoms with Crippen molar-refractivity contribution in [3.8, 4) is 5.69 Å². The fourth-order valence-corrected chi connectivity index (χ4v) is 3.19. The molecule has 0 bridgehead atoms. The minimum atomic E-state index is -0.523. The van der Waals surface area contributed by atoms with E-state index >= 15 is 0 Å². The molecule has 2 aromatic carbocycles. The molecule has 0 aliphatic carbocycles. The van der Waals surface area contributed by atoms with E-state index in [4.69, 9.17) is 0 Å². The van der Waals surface area contributed by atoms with Gasteiger partial charge in [0.2, 0.25) is 5.91 Å². The predicted octanol–water partition coefficient (Wildman–Crippen LogP) is 2.34. The number of benzene rings is 2. The number of amides is 1. The van der Waals surface area contributed by atoms with E-state index < -0.39 is 11.4 Å². The molecule has 0 saturated carbocycles. The Morgan fingerprint density at radius 2 is 1.93 bits per heavy atom. The molecule has 0 aliphatic rings. The van der Waals surface area contributed by atoms with Gasteiger partial charge < -0.3 is 4.90 Å². The fourth-order valence-electron chi connectivity index (χ4n) is 3.19. The van der Waals surface area contributed by atoms with Gasteiger partial charge in [0.1, 0.15) is 25.0 Å². The molecule has 1 atom stereocenters. The number of nitrogens with zero attached hydrogens (tertiary/aromatic N) is 6. The van der Waals surface area contributed by atoms with Gasteiger partial charge >= 0.3 is 0 Å². The minimum Gasteiger partial charge on any atom is -0.337 e. The van der Waals surface area contributed by atoms with Crippen LogP contribution in [0, 0.1) is 5.82 Å². The SMILES string of the molecule is CC(c1ccc(-n2cncn2)cc1)N(C)C(=O)Cn1cnc2ccc(F)cc2c1=O. The highest BCUT2D eigenvalue weighted by molar-refractivity contribution is 5.79. The lowest BCUT2D eigenvalue weighted by Gasteiger charge is -2.26. The van der Waals surface area contributed by atoms with Crippen LogP contribution in [0.15, 0.2) is 66.2 Å². The number of rotatable bonds is 5. The average Bonchev–Trinajstić information content (AvgIpc) is 3.30. The van der Waals surface area contributed by atoms with E-state index in [1.807, 2.05) is 31.2 Å². The van der Waals surface area contributed by atoms with Crippen LogP contribution in [0.25, 0.3) is 16.6 Å². The lowest BCUT2D eigenvalue weighted by molar-refractivity contribution is -0.132. The summed E-state index contributed by atoms with van der Waals surface area (Å²) in [5, 5.41) is 4.23. The number of halogens is 1. The van der Waals surface area contributed by atoms with E-state index in [9.17, 15) is 14.0 Å². The number of fused-ring (bicyclic) bond motifs is 1. The first-order valence-corrected chi connectivity index (χ1v) is 9.29. The first-order valence-electron chi connectivity index (χ1n) is 9.29. The molecule has 1 unspecified atom stereocenters. The standard InChI is InChI=1S/C21H19FN6O2/c1-14(15-3-6-17(7-4-15)28-12-23-11-25-28)26(2)20(29)10-27-13-24-19-8-5-16(22)9-18(19)21(27)30/h3-9,11-14H,10H2,1-2H3. The largest absolute Gasteiger partial charge is 0.337 e. The fraction of sp³-hybridized carbons (Fsp3) is 0.190. The maximum Gasteiger partial charge on any atom is 0.261 e. The Kier molecular flexibility index (Phi) is 5.09. The van der Waals surface area contributed by atoms with Gasteiger partial charge in [0.25, 0.3) is 5.56 Å². The van der Waals surface area contributed by atoms with E-state index in [0.29, 0.717) is 5.52 Å². The molecule has 1 amide bonds. The molecule has 0 saturated heterocycles. The summed E-state index contributed by atoms with van der Waals surface area (Å²) in [4.78, 5) is 35.0. The van der Waals surface area contributed by atoms with Crippen LogP contribution < -0.4 is 5.56 Å². The van der Waals surface area contributed by atoms with E-state index in [-0.39, 0.29) is 23.9 Å². The van der Waals surface area contributed by atoms with Gasteiger partial charge in [-0.3, -0.25) is 14.2 Å². The van der Waals surface area contributed by atoms with Crippen molar-refractivity contribution in [2.24, 2.45) is 0 Å². The van der Waals surface area contributed by atoms with Crippen LogP contribution in [0.2, 0.25) is 0 Å². The monoisotopic (exact) mass is 406 g/mol. The van der Waals surface area contributed by atoms with Crippen LogP contribution in [-0.4, -0.2) is 42.2 Å². The highest BCUT2D eigenvalue weighted by atomic mass is 19.1. The Balaban J connectivity index is 1.51. The quantitative estimate of drug-likeness (QED) is 0.508. The first kappa shape index (κ1) is 19.4. The topological polar surface area (TPSA) is 85.9 Å². The summed E-state index contributed by atoms with van der Waals surface area (Å²) in [5.41, 5.74) is 1.73. The zero-order valence-electron chi connectivity index (χ0n) is 16.4. The summed E-state index contributed by atoms with van der Waals surface area (Å²) in [6.07, 6.45) is 4.38. The normalized spacial score (nSPS) is 12.1. The van der Waals surface area contributed by atoms with Crippen molar-refractivity contribution in [1.82, 2.24) is 29.2 Å². The third-order valence-corrected chi connectivity index (χ3v) is 5.12. The summed E-state index contributed by atoms with van der Waals surface area (Å²) in [7, 11) is 1.68. The molecule has 2 aromatic heterocycles. The van der Waals surface area contributed by atoms with Gasteiger partial charge in [-0.1, -0.05) is 12.1 Å². The van der Waals surface area contributed by atoms with Crippen molar-refractivity contribution in [3.63, 3.8) is 0 Å². The molecular formula is C21H19FN6O2. The van der Waals surface area contributed by atoms with Crippen LogP contribution in [0.4, 0.5) is 4.39 Å². The van der Waals surface area contributed by atoms with E-state index in [2.05, 4.69) is 15.1 Å². The van der Waals surface area contributed by atoms with Crippen LogP contribution in [-0.2, 0) is 11.3 Å². The van der Waals surface area contributed by atoms with Gasteiger partial charge in [-0.15, -0.1) is 0 Å². The molecule has 0 aliphatic heterocycles. The Bertz CT molecular complexity index is 1250. The van der Waals surface area contributed by atoms with Gasteiger partial charge in [0.15, 0.2) is 0 Å². The number of hydrogen-bond acceptors (Lipinski definition) is 5. The van der Waals surface area contributed by atoms with Gasteiger partial charge in [-0.2, -0.15) is 5.10 Å². The van der Waals surface area contributed by atoms with Crippen LogP contribution in [0.5, 0.6) is 0 Å². The Labute approximate surface area is 171 Å². The van der Waals surface area contributed by atoms with Crippen molar-refractivity contribution < 1.29 is 9.18 Å². The highest BCUT2D eigenvalue weighted by Gasteiger charge is 2.19. The Morgan fingerprint density at radius 1 is 1.17 bits per heavy atom. The summed E-state index contributed by atoms with van der Waals surface area (Å²) < 4.78 is 16.3. The van der Waals surface area contributed by atoms with Crippen molar-refractivity contribution in [1.29, 1.82) is 0 Å². The Hall–Kier alpha value is -3.88. The van der Waals surface area contributed by atoms with Crippen molar-refractivity contribution in [3.05, 3.63) is 83.2 Å². The Morgan fingerprint density at radius 3 is 2.63 bits per heavy atom. The molecule has 0 fully saturated rings. The summed E-state index contributed by atoms with van der Waals surface area (Å²) in [6.45, 7) is 1.72. The first-order chi connectivity index (χ1) is 14.4. The summed E-state index contributed by atoms with van der Waals surface area (Å²) in [5.74, 6) is -0.784. The maximum absolute atomic E-state index is 13.5. The van der Waals surface area contributed by atoms with E-state index in [0.717, 1.165) is 17.3 Å². The lowest BCUT2D eigenvalue weighted by Crippen LogP contribution is -2.35. The number of carbonyl (C=O) groups is 1. The molecule has 0 spiro atoms. The molecule has 0 radical (unpaired) electrons. The maximum atomic E-state index is 13.5. The third-order valence-electron chi connectivity index (χ3n) is 5.12. The molecule has 30 heavy (non-hydrogen) atoms. The van der Waals surface area contributed by atoms with E-state index in [1.54, 1.807) is 23.0 Å². The van der Waals surface area contributed by atoms with Gasteiger partial charge in [0.05, 0.1) is 29.0 Å². The molecule has 0 N–H and O–H groups in total. The number of carbonyl (C=O) groups excluding carboxylic acids is 1. The predicted molar refractivity (Wildman–Crippen MR) is 109 cm³/mol. The van der Waals surface area contributed by atoms with Gasteiger partial charge in [-0.25, -0.2) is 19.0 Å². The molecule has 4 rings (SSSR count). The molecule has 9 heteroatoms. The molecule has 8 nitrogen and oxygen atoms in total. The zero-order valence-corrected chi connectivity index (χ0v) is 16.4. The molecular weight excluding hydrogens is 387 g/mol. The zero-order chi connectivity index (χ0) is 21.3. The lowest BCUT2D eigenvalue weighted by atomic mass is 10.1. The van der Waals surface area contributed by atoms with Crippen molar-refractivity contribution in [2.45, 2.75) is 19.5 Å². The number of hydrogen-bond donors (Lipinski definition) is 0. The second-order valence-electron chi connectivity index (χ2n) is 6.95. The van der Waals surface area contributed by atoms with Crippen molar-refractivity contribution >= 4 is 16.8 Å². The van der Waals surface area contributed by atoms with Crippen molar-refractivity contribution in [2.75, 3.05) is 7.05 Å². The van der Waals surface area contributed by atoms with Crippen LogP contribution in [0.3, 0.4) is 0 Å². The average molecular weight is 406 g/mol. The summed E-state index contributed by atoms with van der Waals surface area (Å²) >= 11 is 0. The van der Waals surface area contributed by atoms with Gasteiger partial charge in [0, 0.05) is 7.05 Å². The number of aromatic nitrogens is 5. The minimum absolute atomic E-state index is 0.143. The third kappa shape index (κ3) is 3.69. The van der Waals surface area contributed by atoms with E-state index in [1.165, 1.54) is 29.4 Å². The molecule has 4 aromatic rings. The molecule has 2 heterocycles. The van der Waals surface area contributed by atoms with Crippen LogP contribution >= 0.6 is 0 Å². The second kappa shape index (κ2) is 7.86.